The Bertz CT molecular complexity index is 158. The second-order valence-corrected chi connectivity index (χ2v) is 3.75. The second-order valence-electron chi connectivity index (χ2n) is 3.75. The molecule has 12 heavy (non-hydrogen) atoms. The minimum absolute atomic E-state index is 0.533. The zero-order valence-corrected chi connectivity index (χ0v) is 8.63. The van der Waals surface area contributed by atoms with E-state index in [1.54, 1.807) is 0 Å². The van der Waals surface area contributed by atoms with E-state index < -0.39 is 0 Å². The van der Waals surface area contributed by atoms with Gasteiger partial charge in [-0.15, -0.1) is 0 Å². The van der Waals surface area contributed by atoms with Crippen molar-refractivity contribution in [3.8, 4) is 0 Å². The molecule has 70 valence electrons. The minimum atomic E-state index is 0.533. The maximum atomic E-state index is 10.3. The Hall–Kier alpha value is -0.590. The number of hydrogen-bond acceptors (Lipinski definition) is 1. The van der Waals surface area contributed by atoms with Crippen LogP contribution in [0.25, 0.3) is 0 Å². The van der Waals surface area contributed by atoms with Crippen molar-refractivity contribution in [3.63, 3.8) is 0 Å². The second kappa shape index (κ2) is 5.99. The number of rotatable bonds is 5. The highest BCUT2D eigenvalue weighted by molar-refractivity contribution is 5.72. The highest BCUT2D eigenvalue weighted by Gasteiger charge is 2.04. The van der Waals surface area contributed by atoms with Crippen LogP contribution in [0.2, 0.25) is 0 Å². The van der Waals surface area contributed by atoms with Gasteiger partial charge in [-0.1, -0.05) is 33.3 Å². The van der Waals surface area contributed by atoms with Crippen molar-refractivity contribution in [2.75, 3.05) is 0 Å². The molecule has 0 amide bonds. The molecule has 0 unspecified atom stereocenters. The van der Waals surface area contributed by atoms with Crippen molar-refractivity contribution in [3.05, 3.63) is 11.6 Å². The molecule has 0 bridgehead atoms. The molecule has 0 N–H and O–H groups in total. The largest absolute Gasteiger partial charge is 0.298 e. The quantitative estimate of drug-likeness (QED) is 0.455. The Morgan fingerprint density at radius 3 is 2.42 bits per heavy atom. The fraction of sp³-hybridized carbons (Fsp3) is 0.727. The molecule has 0 radical (unpaired) electrons. The van der Waals surface area contributed by atoms with E-state index in [-0.39, 0.29) is 0 Å². The van der Waals surface area contributed by atoms with Crippen LogP contribution in [0.4, 0.5) is 0 Å². The molecular weight excluding hydrogens is 148 g/mol. The number of hydrogen-bond donors (Lipinski definition) is 0. The van der Waals surface area contributed by atoms with Gasteiger partial charge in [-0.05, 0) is 30.8 Å². The van der Waals surface area contributed by atoms with Gasteiger partial charge in [-0.2, -0.15) is 0 Å². The van der Waals surface area contributed by atoms with Crippen LogP contribution < -0.4 is 0 Å². The van der Waals surface area contributed by atoms with Crippen molar-refractivity contribution in [2.24, 2.45) is 11.8 Å². The van der Waals surface area contributed by atoms with E-state index in [2.05, 4.69) is 26.8 Å². The summed E-state index contributed by atoms with van der Waals surface area (Å²) in [6.45, 7) is 8.48. The van der Waals surface area contributed by atoms with Crippen molar-refractivity contribution < 1.29 is 4.79 Å². The summed E-state index contributed by atoms with van der Waals surface area (Å²) in [5.41, 5.74) is 0.853. The Balaban J connectivity index is 3.87. The third kappa shape index (κ3) is 5.11. The van der Waals surface area contributed by atoms with Gasteiger partial charge in [0, 0.05) is 0 Å². The maximum absolute atomic E-state index is 10.3. The zero-order valence-electron chi connectivity index (χ0n) is 8.63. The zero-order chi connectivity index (χ0) is 9.56. The first-order valence-corrected chi connectivity index (χ1v) is 4.73. The molecule has 1 heteroatoms. The van der Waals surface area contributed by atoms with Gasteiger partial charge in [0.25, 0.3) is 0 Å². The predicted octanol–water partition coefficient (Wildman–Crippen LogP) is 3.20. The first-order valence-electron chi connectivity index (χ1n) is 4.73. The Labute approximate surface area is 75.9 Å². The summed E-state index contributed by atoms with van der Waals surface area (Å²) in [5.74, 6) is 1.29. The third-order valence-corrected chi connectivity index (χ3v) is 2.20. The molecule has 0 aliphatic carbocycles. The molecule has 0 rings (SSSR count). The van der Waals surface area contributed by atoms with Crippen LogP contribution in [0.3, 0.4) is 0 Å². The molecule has 0 spiro atoms. The SMILES string of the molecule is CC[C@H](C)C[C@H](C)/C=C(\C)C=O. The molecule has 2 atom stereocenters. The van der Waals surface area contributed by atoms with Crippen LogP contribution in [-0.4, -0.2) is 6.29 Å². The van der Waals surface area contributed by atoms with E-state index in [4.69, 9.17) is 0 Å². The summed E-state index contributed by atoms with van der Waals surface area (Å²) in [6.07, 6.45) is 5.38. The highest BCUT2D eigenvalue weighted by Crippen LogP contribution is 2.16. The van der Waals surface area contributed by atoms with E-state index in [1.165, 1.54) is 12.8 Å². The molecule has 0 saturated carbocycles. The number of carbonyl (C=O) groups excluding carboxylic acids is 1. The van der Waals surface area contributed by atoms with Gasteiger partial charge in [0.05, 0.1) is 0 Å². The average molecular weight is 168 g/mol. The molecule has 0 aliphatic rings. The fourth-order valence-corrected chi connectivity index (χ4v) is 1.36. The Morgan fingerprint density at radius 2 is 2.00 bits per heavy atom. The summed E-state index contributed by atoms with van der Waals surface area (Å²) >= 11 is 0. The Kier molecular flexibility index (Phi) is 5.69. The number of aldehydes is 1. The first kappa shape index (κ1) is 11.4. The normalized spacial score (nSPS) is 17.2. The van der Waals surface area contributed by atoms with E-state index in [0.29, 0.717) is 5.92 Å². The van der Waals surface area contributed by atoms with Crippen molar-refractivity contribution in [1.82, 2.24) is 0 Å². The lowest BCUT2D eigenvalue weighted by molar-refractivity contribution is -0.104. The molecule has 0 aromatic carbocycles. The molecule has 0 saturated heterocycles. The molecule has 0 aromatic rings. The van der Waals surface area contributed by atoms with E-state index in [9.17, 15) is 4.79 Å². The van der Waals surface area contributed by atoms with Gasteiger partial charge in [0.15, 0.2) is 0 Å². The van der Waals surface area contributed by atoms with Crippen LogP contribution in [0.15, 0.2) is 11.6 Å². The fourth-order valence-electron chi connectivity index (χ4n) is 1.36. The van der Waals surface area contributed by atoms with Gasteiger partial charge in [-0.3, -0.25) is 4.79 Å². The van der Waals surface area contributed by atoms with Gasteiger partial charge in [0.1, 0.15) is 6.29 Å². The lowest BCUT2D eigenvalue weighted by Crippen LogP contribution is -2.00. The van der Waals surface area contributed by atoms with Gasteiger partial charge >= 0.3 is 0 Å². The van der Waals surface area contributed by atoms with Gasteiger partial charge < -0.3 is 0 Å². The van der Waals surface area contributed by atoms with Crippen LogP contribution in [0.5, 0.6) is 0 Å². The summed E-state index contributed by atoms with van der Waals surface area (Å²) < 4.78 is 0. The molecule has 0 fully saturated rings. The van der Waals surface area contributed by atoms with Crippen LogP contribution in [0, 0.1) is 11.8 Å². The van der Waals surface area contributed by atoms with E-state index in [0.717, 1.165) is 17.8 Å². The van der Waals surface area contributed by atoms with Crippen LogP contribution in [-0.2, 0) is 4.79 Å². The molecular formula is C11H20O. The van der Waals surface area contributed by atoms with Gasteiger partial charge in [0.2, 0.25) is 0 Å². The van der Waals surface area contributed by atoms with E-state index >= 15 is 0 Å². The maximum Gasteiger partial charge on any atom is 0.145 e. The average Bonchev–Trinajstić information content (AvgIpc) is 2.03. The molecule has 0 heterocycles. The molecule has 0 aliphatic heterocycles. The Morgan fingerprint density at radius 1 is 1.42 bits per heavy atom. The van der Waals surface area contributed by atoms with E-state index in [1.807, 2.05) is 6.92 Å². The standard InChI is InChI=1S/C11H20O/c1-5-9(2)6-10(3)7-11(4)8-12/h7-10H,5-6H2,1-4H3/b11-7+/t9-,10-/m0/s1. The number of carbonyl (C=O) groups is 1. The summed E-state index contributed by atoms with van der Waals surface area (Å²) in [5, 5.41) is 0. The smallest absolute Gasteiger partial charge is 0.145 e. The van der Waals surface area contributed by atoms with Crippen LogP contribution in [0.1, 0.15) is 40.5 Å². The monoisotopic (exact) mass is 168 g/mol. The van der Waals surface area contributed by atoms with Crippen molar-refractivity contribution in [1.29, 1.82) is 0 Å². The van der Waals surface area contributed by atoms with Gasteiger partial charge in [-0.25, -0.2) is 0 Å². The molecule has 1 nitrogen and oxygen atoms in total. The van der Waals surface area contributed by atoms with Crippen molar-refractivity contribution in [2.45, 2.75) is 40.5 Å². The highest BCUT2D eigenvalue weighted by atomic mass is 16.1. The number of allylic oxidation sites excluding steroid dienone is 2. The summed E-state index contributed by atoms with van der Waals surface area (Å²) in [7, 11) is 0. The predicted molar refractivity (Wildman–Crippen MR) is 53.1 cm³/mol. The third-order valence-electron chi connectivity index (χ3n) is 2.20. The summed E-state index contributed by atoms with van der Waals surface area (Å²) in [6, 6.07) is 0. The topological polar surface area (TPSA) is 17.1 Å². The first-order chi connectivity index (χ1) is 5.60. The molecule has 0 aromatic heterocycles. The van der Waals surface area contributed by atoms with Crippen LogP contribution >= 0.6 is 0 Å². The summed E-state index contributed by atoms with van der Waals surface area (Å²) in [4.78, 5) is 10.3. The lowest BCUT2D eigenvalue weighted by atomic mass is 9.94. The lowest BCUT2D eigenvalue weighted by Gasteiger charge is -2.12. The minimum Gasteiger partial charge on any atom is -0.298 e. The van der Waals surface area contributed by atoms with Crippen molar-refractivity contribution >= 4 is 6.29 Å².